The van der Waals surface area contributed by atoms with Gasteiger partial charge in [-0.15, -0.1) is 11.3 Å². The van der Waals surface area contributed by atoms with Crippen LogP contribution in [0.3, 0.4) is 0 Å². The Labute approximate surface area is 426 Å². The third-order valence-corrected chi connectivity index (χ3v) is 15.7. The van der Waals surface area contributed by atoms with Gasteiger partial charge >= 0.3 is 0 Å². The van der Waals surface area contributed by atoms with Gasteiger partial charge in [0.05, 0.1) is 51.0 Å². The summed E-state index contributed by atoms with van der Waals surface area (Å²) in [5.74, 6) is -0.0123. The minimum absolute atomic E-state index is 0.0388. The molecule has 18 heteroatoms. The number of nitriles is 1. The number of halogens is 1. The molecule has 380 valence electrons. The molecular weight excluding hydrogens is 942 g/mol. The number of piperazine rings is 1. The van der Waals surface area contributed by atoms with Crippen LogP contribution < -0.4 is 25.6 Å². The number of aromatic nitrogens is 2. The molecule has 4 atom stereocenters. The number of thiazole rings is 1. The average molecular weight is 1010 g/mol. The lowest BCUT2D eigenvalue weighted by molar-refractivity contribution is -0.164. The van der Waals surface area contributed by atoms with Gasteiger partial charge in [0.2, 0.25) is 17.7 Å². The molecule has 2 aromatic heterocycles. The van der Waals surface area contributed by atoms with Crippen LogP contribution in [0.2, 0.25) is 5.02 Å². The molecule has 4 aromatic rings. The van der Waals surface area contributed by atoms with Gasteiger partial charge in [0, 0.05) is 74.7 Å². The van der Waals surface area contributed by atoms with Crippen LogP contribution in [0.25, 0.3) is 10.4 Å². The van der Waals surface area contributed by atoms with Crippen molar-refractivity contribution in [1.29, 1.82) is 5.26 Å². The van der Waals surface area contributed by atoms with Crippen molar-refractivity contribution in [3.05, 3.63) is 93.7 Å². The number of benzene rings is 2. The van der Waals surface area contributed by atoms with Crippen molar-refractivity contribution in [3.8, 4) is 22.3 Å². The van der Waals surface area contributed by atoms with E-state index in [0.717, 1.165) is 61.1 Å². The molecule has 0 radical (unpaired) electrons. The summed E-state index contributed by atoms with van der Waals surface area (Å²) in [5, 5.41) is 39.6. The first-order chi connectivity index (χ1) is 33.6. The maximum atomic E-state index is 14.2. The number of aliphatic hydroxyl groups excluding tert-OH is 2. The highest BCUT2D eigenvalue weighted by Crippen LogP contribution is 2.55. The highest BCUT2D eigenvalue weighted by atomic mass is 35.5. The Bertz CT molecular complexity index is 2570. The number of ether oxygens (including phenoxy) is 1. The summed E-state index contributed by atoms with van der Waals surface area (Å²) in [6.07, 6.45) is 2.16. The Morgan fingerprint density at radius 3 is 2.27 bits per heavy atom. The number of pyridine rings is 1. The molecule has 0 spiro atoms. The van der Waals surface area contributed by atoms with Gasteiger partial charge in [-0.3, -0.25) is 24.1 Å². The average Bonchev–Trinajstić information content (AvgIpc) is 3.96. The Morgan fingerprint density at radius 2 is 1.68 bits per heavy atom. The number of likely N-dealkylation sites (tertiary alicyclic amines) is 1. The summed E-state index contributed by atoms with van der Waals surface area (Å²) in [6, 6.07) is 15.5. The zero-order valence-corrected chi connectivity index (χ0v) is 43.6. The summed E-state index contributed by atoms with van der Waals surface area (Å²) in [4.78, 5) is 70.8. The van der Waals surface area contributed by atoms with Gasteiger partial charge < -0.3 is 40.7 Å². The summed E-state index contributed by atoms with van der Waals surface area (Å²) < 4.78 is 6.37. The number of β-amino-alcohol motifs (C(OH)–C–C–N with tert-alkyl or cyclic N) is 1. The van der Waals surface area contributed by atoms with Crippen LogP contribution >= 0.6 is 22.9 Å². The lowest BCUT2D eigenvalue weighted by Gasteiger charge is -2.63. The Morgan fingerprint density at radius 1 is 0.972 bits per heavy atom. The van der Waals surface area contributed by atoms with Crippen LogP contribution in [0, 0.1) is 34.5 Å². The highest BCUT2D eigenvalue weighted by Gasteiger charge is 2.64. The predicted molar refractivity (Wildman–Crippen MR) is 274 cm³/mol. The number of carbonyl (C=O) groups is 4. The highest BCUT2D eigenvalue weighted by molar-refractivity contribution is 7.13. The van der Waals surface area contributed by atoms with Crippen molar-refractivity contribution in [2.45, 2.75) is 117 Å². The topological polar surface area (TPSA) is 213 Å². The molecule has 4 heterocycles. The number of hydrogen-bond donors (Lipinski definition) is 5. The molecule has 2 aromatic carbocycles. The molecule has 2 aliphatic heterocycles. The SMILES string of the molecule is Cc1ncsc1-c1ccc([C@H](CO)NC(=O)[C@@H]2C[C@@H](O)CN2C(=O)[C@@H](NC(=O)CCCCN2CCN(c3ccc(C(=O)NC4C(C)(C)C(Oc5ccc(C#N)c(Cl)c5)C4(C)C)cn3)CC2)C(C)(C)C)cc1. The van der Waals surface area contributed by atoms with Gasteiger partial charge in [-0.2, -0.15) is 5.26 Å². The van der Waals surface area contributed by atoms with Crippen LogP contribution in [0.1, 0.15) is 107 Å². The van der Waals surface area contributed by atoms with Gasteiger partial charge in [-0.05, 0) is 67.1 Å². The molecule has 7 rings (SSSR count). The van der Waals surface area contributed by atoms with E-state index < -0.39 is 52.3 Å². The number of nitrogens with zero attached hydrogens (tertiary/aromatic N) is 6. The fourth-order valence-electron chi connectivity index (χ4n) is 10.6. The first-order valence-corrected chi connectivity index (χ1v) is 25.7. The van der Waals surface area contributed by atoms with Gasteiger partial charge in [-0.25, -0.2) is 9.97 Å². The van der Waals surface area contributed by atoms with Crippen molar-refractivity contribution in [2.75, 3.05) is 50.8 Å². The first kappa shape index (κ1) is 53.2. The van der Waals surface area contributed by atoms with E-state index in [1.54, 1.807) is 29.9 Å². The van der Waals surface area contributed by atoms with E-state index in [2.05, 4.69) is 69.5 Å². The number of aryl methyl sites for hydroxylation is 1. The standard InChI is InChI=1S/C53H68ClN9O7S/c1-32-44(71-31-57-32)34-14-12-33(13-15-34)40(30-64)58-47(68)41-25-37(65)29-63(41)48(69)45(51(2,3)4)59-43(66)11-9-10-20-61-21-23-62(24-22-61)42-19-17-36(28-56-42)46(67)60-49-52(5,6)50(53(49,7)8)70-38-18-16-35(27-55)39(54)26-38/h12-19,26,28,31,37,40-41,45,49-50,64-65H,9-11,20-25,29-30H2,1-8H3,(H,58,68)(H,59,66)(H,60,67)/t37-,40+,41+,45-,49?,50?/m1/s1. The molecule has 1 aliphatic carbocycles. The zero-order valence-electron chi connectivity index (χ0n) is 42.0. The van der Waals surface area contributed by atoms with E-state index in [1.165, 1.54) is 16.2 Å². The largest absolute Gasteiger partial charge is 0.489 e. The molecule has 2 saturated heterocycles. The Kier molecular flexibility index (Phi) is 16.5. The summed E-state index contributed by atoms with van der Waals surface area (Å²) in [7, 11) is 0. The Balaban J connectivity index is 0.838. The lowest BCUT2D eigenvalue weighted by Crippen LogP contribution is -2.74. The summed E-state index contributed by atoms with van der Waals surface area (Å²) in [5.41, 5.74) is 3.76. The van der Waals surface area contributed by atoms with Crippen LogP contribution in [0.5, 0.6) is 5.75 Å². The van der Waals surface area contributed by atoms with E-state index in [1.807, 2.05) is 64.1 Å². The molecule has 3 fully saturated rings. The smallest absolute Gasteiger partial charge is 0.253 e. The van der Waals surface area contributed by atoms with Crippen LogP contribution in [0.15, 0.2) is 66.3 Å². The molecule has 3 aliphatic rings. The second kappa shape index (κ2) is 22.0. The van der Waals surface area contributed by atoms with Gasteiger partial charge in [0.25, 0.3) is 5.91 Å². The van der Waals surface area contributed by atoms with Gasteiger partial charge in [-0.1, -0.05) is 84.3 Å². The number of anilines is 1. The second-order valence-corrected chi connectivity index (χ2v) is 22.6. The minimum atomic E-state index is -0.979. The zero-order chi connectivity index (χ0) is 51.4. The molecule has 71 heavy (non-hydrogen) atoms. The molecule has 0 unspecified atom stereocenters. The van der Waals surface area contributed by atoms with Crippen molar-refractivity contribution < 1.29 is 34.1 Å². The molecule has 1 saturated carbocycles. The van der Waals surface area contributed by atoms with Crippen molar-refractivity contribution >= 4 is 52.4 Å². The maximum absolute atomic E-state index is 14.2. The fraction of sp³-hybridized carbons (Fsp3) is 0.528. The lowest BCUT2D eigenvalue weighted by atomic mass is 9.49. The number of unbranched alkanes of at least 4 members (excludes halogenated alkanes) is 1. The second-order valence-electron chi connectivity index (χ2n) is 21.4. The quantitative estimate of drug-likeness (QED) is 0.0740. The van der Waals surface area contributed by atoms with Gasteiger partial charge in [0.1, 0.15) is 35.8 Å². The van der Waals surface area contributed by atoms with Crippen molar-refractivity contribution in [2.24, 2.45) is 16.2 Å². The number of carbonyl (C=O) groups excluding carboxylic acids is 4. The third kappa shape index (κ3) is 12.0. The number of hydrogen-bond acceptors (Lipinski definition) is 13. The maximum Gasteiger partial charge on any atom is 0.253 e. The predicted octanol–water partition coefficient (Wildman–Crippen LogP) is 6.29. The van der Waals surface area contributed by atoms with E-state index in [-0.39, 0.29) is 50.0 Å². The first-order valence-electron chi connectivity index (χ1n) is 24.4. The molecule has 0 bridgehead atoms. The molecule has 4 amide bonds. The summed E-state index contributed by atoms with van der Waals surface area (Å²) >= 11 is 7.79. The number of nitrogens with one attached hydrogen (secondary N) is 3. The molecule has 5 N–H and O–H groups in total. The van der Waals surface area contributed by atoms with E-state index in [0.29, 0.717) is 33.9 Å². The summed E-state index contributed by atoms with van der Waals surface area (Å²) in [6.45, 7) is 19.3. The van der Waals surface area contributed by atoms with E-state index >= 15 is 0 Å². The number of rotatable bonds is 17. The van der Waals surface area contributed by atoms with Crippen LogP contribution in [-0.2, 0) is 14.4 Å². The van der Waals surface area contributed by atoms with Crippen LogP contribution in [0.4, 0.5) is 5.82 Å². The minimum Gasteiger partial charge on any atom is -0.489 e. The van der Waals surface area contributed by atoms with Gasteiger partial charge in [0.15, 0.2) is 0 Å². The van der Waals surface area contributed by atoms with Crippen molar-refractivity contribution in [3.63, 3.8) is 0 Å². The number of aliphatic hydroxyl groups is 2. The monoisotopic (exact) mass is 1010 g/mol. The van der Waals surface area contributed by atoms with Crippen molar-refractivity contribution in [1.82, 2.24) is 35.7 Å². The third-order valence-electron chi connectivity index (χ3n) is 14.4. The fourth-order valence-corrected chi connectivity index (χ4v) is 11.7. The number of amides is 4. The molecule has 16 nitrogen and oxygen atoms in total. The van der Waals surface area contributed by atoms with E-state index in [4.69, 9.17) is 16.3 Å². The Hall–Kier alpha value is -5.64. The normalized spacial score (nSPS) is 21.6. The van der Waals surface area contributed by atoms with Crippen LogP contribution in [-0.4, -0.2) is 130 Å². The molecular formula is C53H68ClN9O7S. The van der Waals surface area contributed by atoms with E-state index in [9.17, 15) is 34.7 Å².